The van der Waals surface area contributed by atoms with Crippen LogP contribution in [0.2, 0.25) is 0 Å². The van der Waals surface area contributed by atoms with Crippen molar-refractivity contribution in [3.05, 3.63) is 65.3 Å². The van der Waals surface area contributed by atoms with Gasteiger partial charge in [0.1, 0.15) is 0 Å². The summed E-state index contributed by atoms with van der Waals surface area (Å²) in [6, 6.07) is 6.41. The van der Waals surface area contributed by atoms with Gasteiger partial charge in [0.2, 0.25) is 0 Å². The summed E-state index contributed by atoms with van der Waals surface area (Å²) in [4.78, 5) is 17.5. The summed E-state index contributed by atoms with van der Waals surface area (Å²) in [5.41, 5.74) is 5.17. The van der Waals surface area contributed by atoms with Gasteiger partial charge in [0, 0.05) is 19.0 Å². The number of aromatic amines is 1. The van der Waals surface area contributed by atoms with Crippen molar-refractivity contribution in [3.8, 4) is 0 Å². The minimum Gasteiger partial charge on any atom is -0.481 e. The van der Waals surface area contributed by atoms with E-state index in [0.717, 1.165) is 25.0 Å². The van der Waals surface area contributed by atoms with Gasteiger partial charge in [0.05, 0.1) is 12.0 Å². The summed E-state index contributed by atoms with van der Waals surface area (Å²) in [6.07, 6.45) is 25.8. The number of aryl methyl sites for hydroxylation is 1. The van der Waals surface area contributed by atoms with Gasteiger partial charge in [0.25, 0.3) is 0 Å². The molecule has 2 aromatic rings. The molecule has 0 aliphatic rings. The number of nitrogens with one attached hydrogen (secondary N) is 1. The first-order valence-corrected chi connectivity index (χ1v) is 13.4. The van der Waals surface area contributed by atoms with Crippen molar-refractivity contribution in [2.45, 2.75) is 117 Å². The van der Waals surface area contributed by atoms with Crippen LogP contribution in [0, 0.1) is 13.8 Å². The van der Waals surface area contributed by atoms with Crippen LogP contribution in [0.15, 0.2) is 42.9 Å². The van der Waals surface area contributed by atoms with Gasteiger partial charge in [-0.1, -0.05) is 88.6 Å². The number of rotatable bonds is 17. The number of hydrogen-bond acceptors (Lipinski definition) is 2. The molecule has 4 nitrogen and oxygen atoms in total. The second-order valence-corrected chi connectivity index (χ2v) is 9.32. The maximum atomic E-state index is 10.3. The van der Waals surface area contributed by atoms with Crippen LogP contribution >= 0.6 is 0 Å². The highest BCUT2D eigenvalue weighted by atomic mass is 16.4. The SMILES string of the molecule is CCCCCCCC/C=C\CCCCCCCC(=O)O.Cc1cccc(Cc2c[nH]cn2)c1C. The molecule has 0 bridgehead atoms. The number of benzene rings is 1. The molecule has 0 fully saturated rings. The normalized spacial score (nSPS) is 10.9. The monoisotopic (exact) mass is 468 g/mol. The predicted octanol–water partition coefficient (Wildman–Crippen LogP) is 8.73. The van der Waals surface area contributed by atoms with Gasteiger partial charge in [-0.05, 0) is 62.6 Å². The van der Waals surface area contributed by atoms with Gasteiger partial charge in [-0.15, -0.1) is 0 Å². The Morgan fingerprint density at radius 2 is 1.53 bits per heavy atom. The third-order valence-electron chi connectivity index (χ3n) is 6.30. The second-order valence-electron chi connectivity index (χ2n) is 9.32. The molecule has 0 saturated carbocycles. The molecule has 0 atom stereocenters. The van der Waals surface area contributed by atoms with Gasteiger partial charge in [-0.2, -0.15) is 0 Å². The van der Waals surface area contributed by atoms with E-state index in [0.29, 0.717) is 6.42 Å². The molecule has 0 aliphatic heterocycles. The van der Waals surface area contributed by atoms with Gasteiger partial charge in [-0.3, -0.25) is 4.79 Å². The smallest absolute Gasteiger partial charge is 0.303 e. The Labute approximate surface area is 208 Å². The van der Waals surface area contributed by atoms with Crippen LogP contribution in [0.1, 0.15) is 119 Å². The summed E-state index contributed by atoms with van der Waals surface area (Å²) in [7, 11) is 0. The third kappa shape index (κ3) is 15.5. The van der Waals surface area contributed by atoms with Crippen molar-refractivity contribution in [1.29, 1.82) is 0 Å². The molecule has 34 heavy (non-hydrogen) atoms. The first-order valence-electron chi connectivity index (χ1n) is 13.4. The second kappa shape index (κ2) is 20.1. The van der Waals surface area contributed by atoms with Crippen molar-refractivity contribution in [2.75, 3.05) is 0 Å². The van der Waals surface area contributed by atoms with Crippen LogP contribution in [0.25, 0.3) is 0 Å². The Balaban J connectivity index is 0.000000358. The van der Waals surface area contributed by atoms with E-state index < -0.39 is 5.97 Å². The lowest BCUT2D eigenvalue weighted by atomic mass is 10.0. The van der Waals surface area contributed by atoms with E-state index >= 15 is 0 Å². The molecule has 0 aliphatic carbocycles. The maximum Gasteiger partial charge on any atom is 0.303 e. The first-order chi connectivity index (χ1) is 16.5. The molecule has 1 heterocycles. The molecule has 0 radical (unpaired) electrons. The van der Waals surface area contributed by atoms with Crippen molar-refractivity contribution < 1.29 is 9.90 Å². The van der Waals surface area contributed by atoms with Crippen LogP contribution in [0.4, 0.5) is 0 Å². The minimum atomic E-state index is -0.664. The largest absolute Gasteiger partial charge is 0.481 e. The zero-order chi connectivity index (χ0) is 24.9. The Morgan fingerprint density at radius 1 is 0.912 bits per heavy atom. The number of aliphatic carboxylic acids is 1. The fourth-order valence-electron chi connectivity index (χ4n) is 3.93. The summed E-state index contributed by atoms with van der Waals surface area (Å²) >= 11 is 0. The molecule has 0 saturated heterocycles. The Hall–Kier alpha value is -2.36. The van der Waals surface area contributed by atoms with E-state index in [4.69, 9.17) is 5.11 Å². The third-order valence-corrected chi connectivity index (χ3v) is 6.30. The zero-order valence-electron chi connectivity index (χ0n) is 22.0. The molecule has 0 unspecified atom stereocenters. The summed E-state index contributed by atoms with van der Waals surface area (Å²) in [5.74, 6) is -0.664. The highest BCUT2D eigenvalue weighted by Crippen LogP contribution is 2.15. The first kappa shape index (κ1) is 29.7. The van der Waals surface area contributed by atoms with Crippen LogP contribution in [0.5, 0.6) is 0 Å². The molecule has 0 amide bonds. The van der Waals surface area contributed by atoms with Crippen LogP contribution < -0.4 is 0 Å². The quantitative estimate of drug-likeness (QED) is 0.180. The Morgan fingerprint density at radius 3 is 2.12 bits per heavy atom. The Bertz CT molecular complexity index is 781. The number of aromatic nitrogens is 2. The van der Waals surface area contributed by atoms with Gasteiger partial charge < -0.3 is 10.1 Å². The fourth-order valence-corrected chi connectivity index (χ4v) is 3.93. The average Bonchev–Trinajstić information content (AvgIpc) is 3.33. The molecule has 2 rings (SSSR count). The lowest BCUT2D eigenvalue weighted by molar-refractivity contribution is -0.137. The number of carboxylic acid groups (broad SMARTS) is 1. The number of imidazole rings is 1. The van der Waals surface area contributed by atoms with Crippen molar-refractivity contribution >= 4 is 5.97 Å². The van der Waals surface area contributed by atoms with Crippen molar-refractivity contribution in [3.63, 3.8) is 0 Å². The van der Waals surface area contributed by atoms with E-state index in [1.807, 2.05) is 6.20 Å². The van der Waals surface area contributed by atoms with Crippen LogP contribution in [-0.4, -0.2) is 21.0 Å². The number of H-pyrrole nitrogens is 1. The van der Waals surface area contributed by atoms with E-state index in [2.05, 4.69) is 61.1 Å². The van der Waals surface area contributed by atoms with E-state index in [-0.39, 0.29) is 0 Å². The van der Waals surface area contributed by atoms with Crippen LogP contribution in [-0.2, 0) is 11.2 Å². The highest BCUT2D eigenvalue weighted by molar-refractivity contribution is 5.66. The van der Waals surface area contributed by atoms with Gasteiger partial charge >= 0.3 is 5.97 Å². The molecular weight excluding hydrogens is 420 g/mol. The highest BCUT2D eigenvalue weighted by Gasteiger charge is 2.02. The van der Waals surface area contributed by atoms with E-state index in [1.165, 1.54) is 87.3 Å². The predicted molar refractivity (Wildman–Crippen MR) is 144 cm³/mol. The number of carbonyl (C=O) groups is 1. The lowest BCUT2D eigenvalue weighted by Gasteiger charge is -2.06. The number of nitrogens with zero attached hydrogens (tertiary/aromatic N) is 1. The van der Waals surface area contributed by atoms with E-state index in [9.17, 15) is 4.79 Å². The van der Waals surface area contributed by atoms with Crippen molar-refractivity contribution in [2.24, 2.45) is 0 Å². The number of hydrogen-bond donors (Lipinski definition) is 2. The number of allylic oxidation sites excluding steroid dienone is 2. The summed E-state index contributed by atoms with van der Waals surface area (Å²) in [5, 5.41) is 8.51. The topological polar surface area (TPSA) is 66.0 Å². The lowest BCUT2D eigenvalue weighted by Crippen LogP contribution is -1.93. The van der Waals surface area contributed by atoms with Gasteiger partial charge in [-0.25, -0.2) is 4.98 Å². The van der Waals surface area contributed by atoms with Crippen LogP contribution in [0.3, 0.4) is 0 Å². The summed E-state index contributed by atoms with van der Waals surface area (Å²) < 4.78 is 0. The fraction of sp³-hybridized carbons (Fsp3) is 0.600. The summed E-state index contributed by atoms with van der Waals surface area (Å²) in [6.45, 7) is 6.57. The Kier molecular flexibility index (Phi) is 17.5. The van der Waals surface area contributed by atoms with Gasteiger partial charge in [0.15, 0.2) is 0 Å². The molecule has 1 aromatic carbocycles. The molecule has 0 spiro atoms. The minimum absolute atomic E-state index is 0.332. The number of carboxylic acids is 1. The molecular formula is C30H48N2O2. The van der Waals surface area contributed by atoms with E-state index in [1.54, 1.807) is 6.33 Å². The zero-order valence-corrected chi connectivity index (χ0v) is 22.0. The number of unbranched alkanes of at least 4 members (excludes halogenated alkanes) is 11. The molecule has 190 valence electrons. The maximum absolute atomic E-state index is 10.3. The van der Waals surface area contributed by atoms with Crippen molar-refractivity contribution in [1.82, 2.24) is 9.97 Å². The molecule has 1 aromatic heterocycles. The molecule has 2 N–H and O–H groups in total. The average molecular weight is 469 g/mol. The standard InChI is InChI=1S/C18H34O2.C12H14N2/c1-2-3-4-5-6-7-8-9-10-11-12-13-14-15-16-17-18(19)20;1-9-4-3-5-11(10(9)2)6-12-7-13-8-14-12/h9-10H,2-8,11-17H2,1H3,(H,19,20);3-5,7-8H,6H2,1-2H3,(H,13,14)/b10-9-;. The molecule has 4 heteroatoms.